The molecule has 0 spiro atoms. The van der Waals surface area contributed by atoms with Crippen molar-refractivity contribution in [3.8, 4) is 5.75 Å². The van der Waals surface area contributed by atoms with Crippen molar-refractivity contribution in [3.05, 3.63) is 59.9 Å². The number of benzene rings is 2. The van der Waals surface area contributed by atoms with Gasteiger partial charge in [0.2, 0.25) is 0 Å². The predicted molar refractivity (Wildman–Crippen MR) is 83.6 cm³/mol. The summed E-state index contributed by atoms with van der Waals surface area (Å²) in [5.74, 6) is -0.443. The number of carbonyl (C=O) groups is 1. The molecule has 0 fully saturated rings. The molecule has 1 heterocycles. The highest BCUT2D eigenvalue weighted by atomic mass is 19.1. The number of ether oxygens (including phenoxy) is 1. The van der Waals surface area contributed by atoms with Crippen molar-refractivity contribution in [2.75, 3.05) is 11.4 Å². The maximum Gasteiger partial charge on any atom is 0.268 e. The summed E-state index contributed by atoms with van der Waals surface area (Å²) in [6.45, 7) is 2.51. The SMILES string of the molecule is CCC(Oc1ccccc1F)C(=O)N1CCc2ccccc21. The highest BCUT2D eigenvalue weighted by Gasteiger charge is 2.30. The van der Waals surface area contributed by atoms with Gasteiger partial charge >= 0.3 is 0 Å². The van der Waals surface area contributed by atoms with Crippen LogP contribution in [0.4, 0.5) is 10.1 Å². The Morgan fingerprint density at radius 2 is 1.95 bits per heavy atom. The second-order valence-electron chi connectivity index (χ2n) is 5.31. The standard InChI is InChI=1S/C18H18FNO2/c1-2-16(22-17-10-6-4-8-14(17)19)18(21)20-12-11-13-7-3-5-9-15(13)20/h3-10,16H,2,11-12H2,1H3. The molecular formula is C18H18FNO2. The lowest BCUT2D eigenvalue weighted by Crippen LogP contribution is -2.41. The molecule has 1 unspecified atom stereocenters. The van der Waals surface area contributed by atoms with Gasteiger partial charge in [-0.3, -0.25) is 4.79 Å². The Balaban J connectivity index is 1.80. The zero-order chi connectivity index (χ0) is 15.5. The number of hydrogen-bond donors (Lipinski definition) is 0. The Labute approximate surface area is 129 Å². The largest absolute Gasteiger partial charge is 0.478 e. The van der Waals surface area contributed by atoms with E-state index in [1.54, 1.807) is 23.1 Å². The number of hydrogen-bond acceptors (Lipinski definition) is 2. The van der Waals surface area contributed by atoms with E-state index in [2.05, 4.69) is 0 Å². The summed E-state index contributed by atoms with van der Waals surface area (Å²) in [4.78, 5) is 14.5. The van der Waals surface area contributed by atoms with Gasteiger partial charge in [-0.2, -0.15) is 0 Å². The number of nitrogens with zero attached hydrogens (tertiary/aromatic N) is 1. The van der Waals surface area contributed by atoms with Gasteiger partial charge in [-0.25, -0.2) is 4.39 Å². The molecule has 3 nitrogen and oxygen atoms in total. The van der Waals surface area contributed by atoms with E-state index >= 15 is 0 Å². The molecule has 1 amide bonds. The summed E-state index contributed by atoms with van der Waals surface area (Å²) in [5, 5.41) is 0. The minimum atomic E-state index is -0.678. The smallest absolute Gasteiger partial charge is 0.268 e. The van der Waals surface area contributed by atoms with E-state index in [4.69, 9.17) is 4.74 Å². The van der Waals surface area contributed by atoms with Crippen LogP contribution in [0, 0.1) is 5.82 Å². The summed E-state index contributed by atoms with van der Waals surface area (Å²) in [5.41, 5.74) is 2.10. The quantitative estimate of drug-likeness (QED) is 0.863. The number of amides is 1. The first kappa shape index (κ1) is 14.6. The third kappa shape index (κ3) is 2.69. The fourth-order valence-electron chi connectivity index (χ4n) is 2.74. The van der Waals surface area contributed by atoms with Crippen molar-refractivity contribution < 1.29 is 13.9 Å². The molecule has 4 heteroatoms. The van der Waals surface area contributed by atoms with Crippen molar-refractivity contribution in [3.63, 3.8) is 0 Å². The second kappa shape index (κ2) is 6.18. The molecule has 0 aromatic heterocycles. The van der Waals surface area contributed by atoms with Crippen LogP contribution in [-0.2, 0) is 11.2 Å². The van der Waals surface area contributed by atoms with Crippen LogP contribution in [0.2, 0.25) is 0 Å². The Bertz CT molecular complexity index is 686. The van der Waals surface area contributed by atoms with Gasteiger partial charge in [0.25, 0.3) is 5.91 Å². The molecule has 0 N–H and O–H groups in total. The third-order valence-electron chi connectivity index (χ3n) is 3.91. The van der Waals surface area contributed by atoms with E-state index in [0.717, 1.165) is 17.7 Å². The van der Waals surface area contributed by atoms with Crippen molar-refractivity contribution in [2.24, 2.45) is 0 Å². The van der Waals surface area contributed by atoms with E-state index in [0.29, 0.717) is 13.0 Å². The third-order valence-corrected chi connectivity index (χ3v) is 3.91. The molecule has 114 valence electrons. The Kier molecular flexibility index (Phi) is 4.09. The Hall–Kier alpha value is -2.36. The van der Waals surface area contributed by atoms with Gasteiger partial charge in [0.1, 0.15) is 0 Å². The molecule has 0 aliphatic carbocycles. The van der Waals surface area contributed by atoms with Gasteiger partial charge < -0.3 is 9.64 Å². The molecule has 0 bridgehead atoms. The zero-order valence-corrected chi connectivity index (χ0v) is 12.5. The fraction of sp³-hybridized carbons (Fsp3) is 0.278. The van der Waals surface area contributed by atoms with E-state index < -0.39 is 11.9 Å². The van der Waals surface area contributed by atoms with Gasteiger partial charge in [-0.1, -0.05) is 37.3 Å². The Morgan fingerprint density at radius 1 is 1.23 bits per heavy atom. The minimum absolute atomic E-state index is 0.115. The number of rotatable bonds is 4. The molecule has 1 aliphatic heterocycles. The van der Waals surface area contributed by atoms with Crippen molar-refractivity contribution in [1.82, 2.24) is 0 Å². The van der Waals surface area contributed by atoms with Crippen molar-refractivity contribution in [2.45, 2.75) is 25.9 Å². The van der Waals surface area contributed by atoms with E-state index in [1.807, 2.05) is 31.2 Å². The summed E-state index contributed by atoms with van der Waals surface area (Å²) >= 11 is 0. The maximum atomic E-state index is 13.7. The van der Waals surface area contributed by atoms with Crippen LogP contribution in [0.25, 0.3) is 0 Å². The maximum absolute atomic E-state index is 13.7. The van der Waals surface area contributed by atoms with Crippen molar-refractivity contribution >= 4 is 11.6 Å². The van der Waals surface area contributed by atoms with Gasteiger partial charge in [0, 0.05) is 12.2 Å². The second-order valence-corrected chi connectivity index (χ2v) is 5.31. The van der Waals surface area contributed by atoms with Gasteiger partial charge in [-0.05, 0) is 36.6 Å². The summed E-state index contributed by atoms with van der Waals surface area (Å²) in [7, 11) is 0. The first-order valence-corrected chi connectivity index (χ1v) is 7.51. The van der Waals surface area contributed by atoms with Crippen molar-refractivity contribution in [1.29, 1.82) is 0 Å². The highest BCUT2D eigenvalue weighted by Crippen LogP contribution is 2.29. The predicted octanol–water partition coefficient (Wildman–Crippen LogP) is 3.57. The molecule has 1 atom stereocenters. The number of fused-ring (bicyclic) bond motifs is 1. The zero-order valence-electron chi connectivity index (χ0n) is 12.5. The average Bonchev–Trinajstić information content (AvgIpc) is 2.97. The summed E-state index contributed by atoms with van der Waals surface area (Å²) in [6, 6.07) is 14.0. The lowest BCUT2D eigenvalue weighted by molar-refractivity contribution is -0.125. The van der Waals surface area contributed by atoms with Crippen LogP contribution >= 0.6 is 0 Å². The fourth-order valence-corrected chi connectivity index (χ4v) is 2.74. The number of carbonyl (C=O) groups excluding carboxylic acids is 1. The minimum Gasteiger partial charge on any atom is -0.478 e. The van der Waals surface area contributed by atoms with Gasteiger partial charge in [-0.15, -0.1) is 0 Å². The summed E-state index contributed by atoms with van der Waals surface area (Å²) < 4.78 is 19.3. The van der Waals surface area contributed by atoms with Crippen LogP contribution in [0.15, 0.2) is 48.5 Å². The molecule has 3 rings (SSSR count). The van der Waals surface area contributed by atoms with Gasteiger partial charge in [0.05, 0.1) is 0 Å². The van der Waals surface area contributed by atoms with Crippen LogP contribution in [0.3, 0.4) is 0 Å². The Morgan fingerprint density at radius 3 is 2.73 bits per heavy atom. The van der Waals surface area contributed by atoms with E-state index in [9.17, 15) is 9.18 Å². The monoisotopic (exact) mass is 299 g/mol. The summed E-state index contributed by atoms with van der Waals surface area (Å²) in [6.07, 6.45) is 0.659. The first-order valence-electron chi connectivity index (χ1n) is 7.51. The lowest BCUT2D eigenvalue weighted by Gasteiger charge is -2.24. The molecule has 22 heavy (non-hydrogen) atoms. The average molecular weight is 299 g/mol. The molecule has 0 saturated heterocycles. The van der Waals surface area contributed by atoms with Gasteiger partial charge in [0.15, 0.2) is 17.7 Å². The molecule has 0 saturated carbocycles. The van der Waals surface area contributed by atoms with Crippen LogP contribution < -0.4 is 9.64 Å². The highest BCUT2D eigenvalue weighted by molar-refractivity contribution is 5.98. The molecule has 0 radical (unpaired) electrons. The molecule has 2 aromatic carbocycles. The molecule has 1 aliphatic rings. The van der Waals surface area contributed by atoms with Crippen LogP contribution in [0.1, 0.15) is 18.9 Å². The molecule has 2 aromatic rings. The molecular weight excluding hydrogens is 281 g/mol. The van der Waals surface area contributed by atoms with E-state index in [1.165, 1.54) is 6.07 Å². The van der Waals surface area contributed by atoms with E-state index in [-0.39, 0.29) is 11.7 Å². The first-order chi connectivity index (χ1) is 10.7. The van der Waals surface area contributed by atoms with Crippen LogP contribution in [-0.4, -0.2) is 18.6 Å². The number of halogens is 1. The normalized spacial score (nSPS) is 14.5. The van der Waals surface area contributed by atoms with Crippen LogP contribution in [0.5, 0.6) is 5.75 Å². The lowest BCUT2D eigenvalue weighted by atomic mass is 10.2. The number of para-hydroxylation sites is 2. The topological polar surface area (TPSA) is 29.5 Å². The number of anilines is 1.